The third-order valence-electron chi connectivity index (χ3n) is 14.5. The molecule has 452 valence electrons. The van der Waals surface area contributed by atoms with Crippen LogP contribution < -0.4 is 41.5 Å². The van der Waals surface area contributed by atoms with E-state index in [2.05, 4.69) is 124 Å². The molecule has 2 unspecified atom stereocenters. The van der Waals surface area contributed by atoms with Crippen LogP contribution in [-0.4, -0.2) is 125 Å². The molecule has 2 amide bonds. The number of aliphatic hydroxyl groups is 2. The first-order valence-electron chi connectivity index (χ1n) is 25.9. The fourth-order valence-corrected chi connectivity index (χ4v) is 15.0. The molecule has 4 aliphatic heterocycles. The van der Waals surface area contributed by atoms with E-state index >= 15 is 4.79 Å². The van der Waals surface area contributed by atoms with Gasteiger partial charge in [0.05, 0.1) is 56.0 Å². The number of nitrogens with one attached hydrogen (secondary N) is 1. The average molecular weight is 1300 g/mol. The molecular formula is C53H61Cl4N7O17P3+. The third kappa shape index (κ3) is 13.2. The Morgan fingerprint density at radius 2 is 1.56 bits per heavy atom. The number of fused-ring (bicyclic) bond motifs is 4. The number of ether oxygens (including phenoxy) is 2. The number of carbonyl (C=O) groups excluding carboxylic acids is 2. The molecule has 9 N–H and O–H groups in total. The van der Waals surface area contributed by atoms with Crippen molar-refractivity contribution in [2.24, 2.45) is 0 Å². The van der Waals surface area contributed by atoms with Crippen molar-refractivity contribution in [3.8, 4) is 23.3 Å². The van der Waals surface area contributed by atoms with Gasteiger partial charge in [-0.15, -0.1) is 0 Å². The number of aromatic nitrogens is 2. The van der Waals surface area contributed by atoms with Crippen LogP contribution in [0.25, 0.3) is 16.7 Å². The fourth-order valence-electron chi connectivity index (χ4n) is 11.0. The van der Waals surface area contributed by atoms with Crippen LogP contribution in [0.15, 0.2) is 47.4 Å². The van der Waals surface area contributed by atoms with Crippen LogP contribution in [0.4, 0.5) is 11.5 Å². The third-order valence-corrected chi connectivity index (χ3v) is 20.1. The lowest BCUT2D eigenvalue weighted by Gasteiger charge is -2.43. The number of hydrogen-bond donors (Lipinski definition) is 8. The smallest absolute Gasteiger partial charge is 0.456 e. The van der Waals surface area contributed by atoms with E-state index in [1.54, 1.807) is 7.05 Å². The number of amides is 2. The van der Waals surface area contributed by atoms with Crippen LogP contribution in [0.2, 0.25) is 20.1 Å². The Hall–Kier alpha value is -4.96. The topological polar surface area (TPSA) is 335 Å². The summed E-state index contributed by atoms with van der Waals surface area (Å²) in [4.78, 5) is 85.2. The van der Waals surface area contributed by atoms with E-state index in [0.717, 1.165) is 39.5 Å². The Labute approximate surface area is 502 Å². The molecule has 0 radical (unpaired) electrons. The van der Waals surface area contributed by atoms with Crippen LogP contribution in [-0.2, 0) is 36.4 Å². The molecular weight excluding hydrogens is 1240 g/mol. The fraction of sp³-hybridized carbons (Fsp3) is 0.415. The van der Waals surface area contributed by atoms with Crippen molar-refractivity contribution in [3.63, 3.8) is 0 Å². The SMILES string of the molecule is CCN1c2cc3c(cc2C(C)=CC1(C)C)C(c1c(Cl)c(Cl)c(Cl)c(Cl)c1C(=O)N(C)CCCC(=O)NCC#Cc1cn([C@@H]2O[C@H](COP(=O)(O)OP(=O)(O)OP(=O)(O)O)[C@@H](O)[C@H]2O)c(=O)nc1N)=c1cc2c(cc1O3)=[N+](CC)C(C)(C)C=C2C. The van der Waals surface area contributed by atoms with Gasteiger partial charge in [-0.05, 0) is 77.3 Å². The minimum Gasteiger partial charge on any atom is -0.456 e. The van der Waals surface area contributed by atoms with E-state index in [1.165, 1.54) is 4.90 Å². The molecule has 84 heavy (non-hydrogen) atoms. The van der Waals surface area contributed by atoms with Gasteiger partial charge in [-0.2, -0.15) is 13.6 Å². The van der Waals surface area contributed by atoms with Crippen molar-refractivity contribution in [1.29, 1.82) is 0 Å². The number of benzene rings is 3. The number of rotatable bonds is 17. The molecule has 4 aliphatic rings. The minimum atomic E-state index is -5.87. The maximum absolute atomic E-state index is 15.1. The summed E-state index contributed by atoms with van der Waals surface area (Å²) in [6, 6.07) is 8.16. The van der Waals surface area contributed by atoms with Gasteiger partial charge in [0.2, 0.25) is 11.3 Å². The van der Waals surface area contributed by atoms with E-state index in [0.29, 0.717) is 45.5 Å². The highest BCUT2D eigenvalue weighted by Crippen LogP contribution is 2.66. The summed E-state index contributed by atoms with van der Waals surface area (Å²) in [6.07, 6.45) is -1.81. The quantitative estimate of drug-likeness (QED) is 0.0162. The lowest BCUT2D eigenvalue weighted by atomic mass is 9.83. The number of allylic oxidation sites excluding steroid dienone is 2. The lowest BCUT2D eigenvalue weighted by Crippen LogP contribution is -2.49. The van der Waals surface area contributed by atoms with Gasteiger partial charge in [0.15, 0.2) is 11.8 Å². The molecule has 0 aliphatic carbocycles. The zero-order valence-corrected chi connectivity index (χ0v) is 52.3. The van der Waals surface area contributed by atoms with Gasteiger partial charge in [-0.25, -0.2) is 23.1 Å². The Bertz CT molecular complexity index is 3920. The Kier molecular flexibility index (Phi) is 18.8. The maximum Gasteiger partial charge on any atom is 0.490 e. The zero-order chi connectivity index (χ0) is 62.1. The number of hydrogen-bond acceptors (Lipinski definition) is 16. The normalized spacial score (nSPS) is 20.8. The Morgan fingerprint density at radius 1 is 0.893 bits per heavy atom. The molecule has 6 atom stereocenters. The predicted octanol–water partition coefficient (Wildman–Crippen LogP) is 6.50. The second-order valence-electron chi connectivity index (χ2n) is 21.2. The summed E-state index contributed by atoms with van der Waals surface area (Å²) in [5, 5.41) is 25.2. The van der Waals surface area contributed by atoms with Crippen molar-refractivity contribution in [2.45, 2.75) is 104 Å². The highest BCUT2D eigenvalue weighted by atomic mass is 35.5. The van der Waals surface area contributed by atoms with E-state index in [-0.39, 0.29) is 79.6 Å². The number of nitrogen functional groups attached to an aromatic ring is 1. The van der Waals surface area contributed by atoms with E-state index in [4.69, 9.17) is 71.4 Å². The van der Waals surface area contributed by atoms with E-state index in [1.807, 2.05) is 12.1 Å². The molecule has 4 aromatic rings. The number of aliphatic hydroxyl groups excluding tert-OH is 2. The summed E-state index contributed by atoms with van der Waals surface area (Å²) in [5.41, 5.74) is 10.4. The van der Waals surface area contributed by atoms with Crippen LogP contribution in [0.5, 0.6) is 11.5 Å². The molecule has 24 nitrogen and oxygen atoms in total. The largest absolute Gasteiger partial charge is 0.490 e. The van der Waals surface area contributed by atoms with Crippen LogP contribution in [0.1, 0.15) is 113 Å². The predicted molar refractivity (Wildman–Crippen MR) is 315 cm³/mol. The van der Waals surface area contributed by atoms with E-state index in [9.17, 15) is 43.3 Å². The number of likely N-dealkylation sites (N-methyl/N-ethyl adjacent to an activating group) is 2. The van der Waals surface area contributed by atoms with Crippen molar-refractivity contribution in [1.82, 2.24) is 24.3 Å². The van der Waals surface area contributed by atoms with Gasteiger partial charge in [0, 0.05) is 91.4 Å². The number of phosphoric ester groups is 1. The monoisotopic (exact) mass is 1300 g/mol. The van der Waals surface area contributed by atoms with E-state index < -0.39 is 72.1 Å². The summed E-state index contributed by atoms with van der Waals surface area (Å²) in [7, 11) is -15.7. The Morgan fingerprint density at radius 3 is 2.21 bits per heavy atom. The van der Waals surface area contributed by atoms with Crippen LogP contribution in [0, 0.1) is 11.8 Å². The summed E-state index contributed by atoms with van der Waals surface area (Å²) >= 11 is 28.3. The molecule has 31 heteroatoms. The molecule has 8 rings (SSSR count). The molecule has 3 aromatic carbocycles. The number of anilines is 2. The minimum absolute atomic E-state index is 0.0124. The molecule has 1 saturated heterocycles. The van der Waals surface area contributed by atoms with Gasteiger partial charge in [-0.3, -0.25) is 18.7 Å². The summed E-state index contributed by atoms with van der Waals surface area (Å²) < 4.78 is 62.1. The first-order valence-corrected chi connectivity index (χ1v) is 32.0. The molecule has 1 fully saturated rings. The molecule has 1 aromatic heterocycles. The van der Waals surface area contributed by atoms with Crippen molar-refractivity contribution in [3.05, 3.63) is 117 Å². The summed E-state index contributed by atoms with van der Waals surface area (Å²) in [5.74, 6) is 4.96. The first kappa shape index (κ1) is 65.0. The van der Waals surface area contributed by atoms with Gasteiger partial charge < -0.3 is 60.1 Å². The summed E-state index contributed by atoms with van der Waals surface area (Å²) in [6.45, 7) is 17.0. The molecule has 0 saturated carbocycles. The van der Waals surface area contributed by atoms with Gasteiger partial charge >= 0.3 is 29.2 Å². The van der Waals surface area contributed by atoms with Gasteiger partial charge in [0.25, 0.3) is 5.91 Å². The number of nitrogens with two attached hydrogens (primary N) is 1. The Balaban J connectivity index is 1.02. The molecule has 0 bridgehead atoms. The number of carbonyl (C=O) groups is 2. The molecule has 0 spiro atoms. The highest BCUT2D eigenvalue weighted by Gasteiger charge is 2.47. The lowest BCUT2D eigenvalue weighted by molar-refractivity contribution is -0.121. The number of nitrogens with zero attached hydrogens (tertiary/aromatic N) is 5. The van der Waals surface area contributed by atoms with Gasteiger partial charge in [-0.1, -0.05) is 64.3 Å². The van der Waals surface area contributed by atoms with Crippen molar-refractivity contribution in [2.75, 3.05) is 50.5 Å². The van der Waals surface area contributed by atoms with Crippen molar-refractivity contribution >= 4 is 110 Å². The standard InChI is InChI=1S/C53H60Cl4N7O17P3/c1-10-63-33-20-35-31(18-29(33)26(3)22-52(63,5)6)39(32-19-30-27(4)23-53(7,8)64(11-2)34(30)21-36(32)78-35)40-41(43(55)45(57)44(56)42(40)54)49(68)61(9)17-13-15-38(65)59-16-12-14-28-24-62(51(69)60-48(28)58)50-47(67)46(66)37(79-50)25-77-83(73,74)81-84(75,76)80-82(70,71)72/h18-24,37,46-47,50,66-67H,10-11,13,15-17,25H2,1-9H3,(H6-,58,59,60,65,69,70,71,72,73,74,75,76)/p+1/t37-,46-,47-,50-/m1/s1. The van der Waals surface area contributed by atoms with Gasteiger partial charge in [0.1, 0.15) is 42.2 Å². The second-order valence-corrected chi connectivity index (χ2v) is 27.2. The van der Waals surface area contributed by atoms with Crippen LogP contribution in [0.3, 0.4) is 0 Å². The van der Waals surface area contributed by atoms with Crippen LogP contribution >= 0.6 is 69.9 Å². The highest BCUT2D eigenvalue weighted by molar-refractivity contribution is 7.66. The average Bonchev–Trinajstić information content (AvgIpc) is 3.34. The number of halogens is 4. The van der Waals surface area contributed by atoms with Crippen molar-refractivity contribution < 1.29 is 75.7 Å². The molecule has 5 heterocycles. The number of phosphoric acid groups is 3. The maximum atomic E-state index is 15.1. The first-order chi connectivity index (χ1) is 39.0. The second kappa shape index (κ2) is 24.3. The zero-order valence-electron chi connectivity index (χ0n) is 46.6.